The summed E-state index contributed by atoms with van der Waals surface area (Å²) >= 11 is 1.85. The minimum Gasteiger partial charge on any atom is -0.309 e. The van der Waals surface area contributed by atoms with Crippen LogP contribution in [0.4, 0.5) is 0 Å². The fourth-order valence-electron chi connectivity index (χ4n) is 2.16. The molecule has 0 bridgehead atoms. The van der Waals surface area contributed by atoms with E-state index in [2.05, 4.69) is 36.0 Å². The lowest BCUT2D eigenvalue weighted by molar-refractivity contribution is 0.148. The molecule has 1 saturated heterocycles. The predicted molar refractivity (Wildman–Crippen MR) is 68.9 cm³/mol. The van der Waals surface area contributed by atoms with Crippen LogP contribution in [0.25, 0.3) is 0 Å². The molecule has 0 saturated carbocycles. The molecule has 2 rings (SSSR count). The summed E-state index contributed by atoms with van der Waals surface area (Å²) in [4.78, 5) is 8.37. The summed E-state index contributed by atoms with van der Waals surface area (Å²) in [7, 11) is 0. The van der Waals surface area contributed by atoms with Crippen molar-refractivity contribution in [1.82, 2.24) is 15.2 Å². The van der Waals surface area contributed by atoms with E-state index >= 15 is 0 Å². The third kappa shape index (κ3) is 3.03. The molecule has 0 amide bonds. The Kier molecular flexibility index (Phi) is 3.62. The average Bonchev–Trinajstić information content (AvgIpc) is 2.64. The number of aryl methyl sites for hydroxylation is 1. The van der Waals surface area contributed by atoms with Crippen LogP contribution in [0.1, 0.15) is 30.7 Å². The van der Waals surface area contributed by atoms with Crippen LogP contribution in [0.2, 0.25) is 0 Å². The van der Waals surface area contributed by atoms with E-state index in [9.17, 15) is 0 Å². The van der Waals surface area contributed by atoms with Crippen LogP contribution in [0.15, 0.2) is 6.20 Å². The zero-order chi connectivity index (χ0) is 11.6. The van der Waals surface area contributed by atoms with Crippen molar-refractivity contribution in [3.8, 4) is 0 Å². The third-order valence-electron chi connectivity index (χ3n) is 2.96. The minimum atomic E-state index is 0.239. The number of aromatic nitrogens is 1. The van der Waals surface area contributed by atoms with Crippen molar-refractivity contribution >= 4 is 11.3 Å². The summed E-state index contributed by atoms with van der Waals surface area (Å²) in [5.74, 6) is 0. The summed E-state index contributed by atoms with van der Waals surface area (Å²) in [6.45, 7) is 11.0. The van der Waals surface area contributed by atoms with Gasteiger partial charge in [0.1, 0.15) is 5.01 Å². The molecule has 1 N–H and O–H groups in total. The van der Waals surface area contributed by atoms with Crippen molar-refractivity contribution in [1.29, 1.82) is 0 Å². The molecule has 1 aromatic rings. The number of hydrogen-bond donors (Lipinski definition) is 1. The molecule has 16 heavy (non-hydrogen) atoms. The Balaban J connectivity index is 1.94. The van der Waals surface area contributed by atoms with Crippen LogP contribution in [0.3, 0.4) is 0 Å². The standard InChI is InChI=1S/C12H21N3S/c1-4-10-7-13-11(16-10)8-15-6-5-14-12(2,3)9-15/h7,14H,4-6,8-9H2,1-3H3. The summed E-state index contributed by atoms with van der Waals surface area (Å²) in [5.41, 5.74) is 0.239. The van der Waals surface area contributed by atoms with Crippen LogP contribution in [0.5, 0.6) is 0 Å². The Bertz CT molecular complexity index is 346. The molecule has 2 heterocycles. The molecule has 0 unspecified atom stereocenters. The van der Waals surface area contributed by atoms with Crippen molar-refractivity contribution < 1.29 is 0 Å². The van der Waals surface area contributed by atoms with E-state index < -0.39 is 0 Å². The van der Waals surface area contributed by atoms with Gasteiger partial charge < -0.3 is 5.32 Å². The van der Waals surface area contributed by atoms with Crippen LogP contribution in [0, 0.1) is 0 Å². The molecule has 1 aliphatic heterocycles. The normalized spacial score (nSPS) is 21.2. The zero-order valence-electron chi connectivity index (χ0n) is 10.4. The maximum Gasteiger partial charge on any atom is 0.107 e. The van der Waals surface area contributed by atoms with Gasteiger partial charge in [0.2, 0.25) is 0 Å². The van der Waals surface area contributed by atoms with Gasteiger partial charge in [0.15, 0.2) is 0 Å². The smallest absolute Gasteiger partial charge is 0.107 e. The fourth-order valence-corrected chi connectivity index (χ4v) is 3.06. The highest BCUT2D eigenvalue weighted by atomic mass is 32.1. The molecular formula is C12H21N3S. The van der Waals surface area contributed by atoms with Gasteiger partial charge in [-0.15, -0.1) is 11.3 Å². The minimum absolute atomic E-state index is 0.239. The lowest BCUT2D eigenvalue weighted by Crippen LogP contribution is -2.56. The zero-order valence-corrected chi connectivity index (χ0v) is 11.2. The molecule has 4 heteroatoms. The number of rotatable bonds is 3. The van der Waals surface area contributed by atoms with Gasteiger partial charge in [0, 0.05) is 36.2 Å². The highest BCUT2D eigenvalue weighted by Crippen LogP contribution is 2.18. The first-order chi connectivity index (χ1) is 7.59. The number of thiazole rings is 1. The highest BCUT2D eigenvalue weighted by Gasteiger charge is 2.25. The van der Waals surface area contributed by atoms with Crippen LogP contribution in [-0.4, -0.2) is 35.1 Å². The van der Waals surface area contributed by atoms with Crippen molar-refractivity contribution in [2.45, 2.75) is 39.3 Å². The Morgan fingerprint density at radius 3 is 3.00 bits per heavy atom. The maximum atomic E-state index is 4.49. The summed E-state index contributed by atoms with van der Waals surface area (Å²) in [5, 5.41) is 4.79. The van der Waals surface area contributed by atoms with Crippen molar-refractivity contribution in [3.63, 3.8) is 0 Å². The first kappa shape index (κ1) is 12.0. The van der Waals surface area contributed by atoms with E-state index in [0.717, 1.165) is 32.6 Å². The second-order valence-electron chi connectivity index (χ2n) is 5.10. The molecule has 0 aliphatic carbocycles. The summed E-state index contributed by atoms with van der Waals surface area (Å²) in [6, 6.07) is 0. The number of hydrogen-bond acceptors (Lipinski definition) is 4. The second-order valence-corrected chi connectivity index (χ2v) is 6.29. The predicted octanol–water partition coefficient (Wildman–Crippen LogP) is 1.89. The summed E-state index contributed by atoms with van der Waals surface area (Å²) in [6.07, 6.45) is 3.12. The van der Waals surface area contributed by atoms with Crippen molar-refractivity contribution in [2.75, 3.05) is 19.6 Å². The molecular weight excluding hydrogens is 218 g/mol. The molecule has 0 radical (unpaired) electrons. The van der Waals surface area contributed by atoms with Gasteiger partial charge in [-0.1, -0.05) is 6.92 Å². The second kappa shape index (κ2) is 4.82. The van der Waals surface area contributed by atoms with Gasteiger partial charge in [-0.05, 0) is 20.3 Å². The number of piperazine rings is 1. The Morgan fingerprint density at radius 1 is 1.56 bits per heavy atom. The van der Waals surface area contributed by atoms with E-state index in [0.29, 0.717) is 0 Å². The number of nitrogens with one attached hydrogen (secondary N) is 1. The SMILES string of the molecule is CCc1cnc(CN2CCNC(C)(C)C2)s1. The van der Waals surface area contributed by atoms with Crippen LogP contribution in [-0.2, 0) is 13.0 Å². The van der Waals surface area contributed by atoms with Gasteiger partial charge in [-0.3, -0.25) is 4.90 Å². The van der Waals surface area contributed by atoms with Gasteiger partial charge >= 0.3 is 0 Å². The molecule has 90 valence electrons. The van der Waals surface area contributed by atoms with Gasteiger partial charge in [0.25, 0.3) is 0 Å². The Hall–Kier alpha value is -0.450. The van der Waals surface area contributed by atoms with Crippen molar-refractivity contribution in [2.24, 2.45) is 0 Å². The molecule has 0 atom stereocenters. The first-order valence-electron chi connectivity index (χ1n) is 6.00. The lowest BCUT2D eigenvalue weighted by atomic mass is 10.0. The van der Waals surface area contributed by atoms with Crippen LogP contribution >= 0.6 is 11.3 Å². The monoisotopic (exact) mass is 239 g/mol. The molecule has 1 aliphatic rings. The highest BCUT2D eigenvalue weighted by molar-refractivity contribution is 7.11. The van der Waals surface area contributed by atoms with E-state index in [1.165, 1.54) is 9.88 Å². The largest absolute Gasteiger partial charge is 0.309 e. The van der Waals surface area contributed by atoms with E-state index in [1.54, 1.807) is 0 Å². The molecule has 1 aromatic heterocycles. The van der Waals surface area contributed by atoms with E-state index in [-0.39, 0.29) is 5.54 Å². The molecule has 3 nitrogen and oxygen atoms in total. The quantitative estimate of drug-likeness (QED) is 0.873. The van der Waals surface area contributed by atoms with E-state index in [4.69, 9.17) is 0 Å². The topological polar surface area (TPSA) is 28.2 Å². The molecule has 0 aromatic carbocycles. The van der Waals surface area contributed by atoms with Crippen LogP contribution < -0.4 is 5.32 Å². The van der Waals surface area contributed by atoms with Crippen molar-refractivity contribution in [3.05, 3.63) is 16.1 Å². The third-order valence-corrected chi connectivity index (χ3v) is 4.09. The maximum absolute atomic E-state index is 4.49. The lowest BCUT2D eigenvalue weighted by Gasteiger charge is -2.38. The molecule has 0 spiro atoms. The average molecular weight is 239 g/mol. The van der Waals surface area contributed by atoms with Gasteiger partial charge in [-0.25, -0.2) is 4.98 Å². The fraction of sp³-hybridized carbons (Fsp3) is 0.750. The first-order valence-corrected chi connectivity index (χ1v) is 6.82. The molecule has 1 fully saturated rings. The summed E-state index contributed by atoms with van der Waals surface area (Å²) < 4.78 is 0. The van der Waals surface area contributed by atoms with E-state index in [1.807, 2.05) is 17.5 Å². The Morgan fingerprint density at radius 2 is 2.38 bits per heavy atom. The Labute approximate surface area is 102 Å². The number of nitrogens with zero attached hydrogens (tertiary/aromatic N) is 2. The van der Waals surface area contributed by atoms with Gasteiger partial charge in [-0.2, -0.15) is 0 Å². The van der Waals surface area contributed by atoms with Gasteiger partial charge in [0.05, 0.1) is 6.54 Å².